The SMILES string of the molecule is N#Cc1cn(Cc2nc3ccsc3c(=O)[nH]2)c2ccccc2c1=O. The number of fused-ring (bicyclic) bond motifs is 2. The lowest BCUT2D eigenvalue weighted by molar-refractivity contribution is 0.765. The van der Waals surface area contributed by atoms with Gasteiger partial charge in [0.1, 0.15) is 22.2 Å². The summed E-state index contributed by atoms with van der Waals surface area (Å²) >= 11 is 1.34. The highest BCUT2D eigenvalue weighted by Gasteiger charge is 2.11. The number of aromatic amines is 1. The van der Waals surface area contributed by atoms with Gasteiger partial charge in [0.25, 0.3) is 5.56 Å². The number of thiophene rings is 1. The standard InChI is InChI=1S/C17H10N4O2S/c18-7-10-8-21(13-4-2-1-3-11(13)15(10)22)9-14-19-12-5-6-24-16(12)17(23)20-14/h1-6,8H,9H2,(H,19,20,23). The monoisotopic (exact) mass is 334 g/mol. The number of nitriles is 1. The second kappa shape index (κ2) is 5.44. The molecule has 0 aliphatic carbocycles. The summed E-state index contributed by atoms with van der Waals surface area (Å²) in [5.74, 6) is 0.476. The van der Waals surface area contributed by atoms with Crippen LogP contribution in [0.4, 0.5) is 0 Å². The summed E-state index contributed by atoms with van der Waals surface area (Å²) < 4.78 is 2.34. The highest BCUT2D eigenvalue weighted by molar-refractivity contribution is 7.17. The molecule has 3 heterocycles. The first-order chi connectivity index (χ1) is 11.7. The fourth-order valence-electron chi connectivity index (χ4n) is 2.71. The van der Waals surface area contributed by atoms with E-state index < -0.39 is 0 Å². The minimum Gasteiger partial charge on any atom is -0.338 e. The molecule has 0 spiro atoms. The van der Waals surface area contributed by atoms with Crippen LogP contribution in [0.25, 0.3) is 21.1 Å². The van der Waals surface area contributed by atoms with Crippen molar-refractivity contribution < 1.29 is 0 Å². The molecule has 0 fully saturated rings. The van der Waals surface area contributed by atoms with Gasteiger partial charge in [0.15, 0.2) is 0 Å². The van der Waals surface area contributed by atoms with E-state index in [0.717, 1.165) is 0 Å². The van der Waals surface area contributed by atoms with Crippen molar-refractivity contribution in [3.05, 3.63) is 73.9 Å². The van der Waals surface area contributed by atoms with Crippen LogP contribution in [0.15, 0.2) is 51.5 Å². The maximum atomic E-state index is 12.3. The van der Waals surface area contributed by atoms with Crippen LogP contribution in [0.1, 0.15) is 11.4 Å². The lowest BCUT2D eigenvalue weighted by Crippen LogP contribution is -2.17. The van der Waals surface area contributed by atoms with Gasteiger partial charge in [-0.15, -0.1) is 11.3 Å². The lowest BCUT2D eigenvalue weighted by atomic mass is 10.1. The number of pyridine rings is 1. The van der Waals surface area contributed by atoms with Crippen molar-refractivity contribution in [2.45, 2.75) is 6.54 Å². The first-order valence-corrected chi connectivity index (χ1v) is 8.04. The molecular formula is C17H10N4O2S. The van der Waals surface area contributed by atoms with Crippen molar-refractivity contribution in [1.82, 2.24) is 14.5 Å². The van der Waals surface area contributed by atoms with Gasteiger partial charge in [-0.05, 0) is 23.6 Å². The van der Waals surface area contributed by atoms with Crippen molar-refractivity contribution in [3.8, 4) is 6.07 Å². The molecule has 1 aromatic carbocycles. The molecule has 0 saturated carbocycles. The average molecular weight is 334 g/mol. The van der Waals surface area contributed by atoms with Crippen LogP contribution in [0.3, 0.4) is 0 Å². The third kappa shape index (κ3) is 2.21. The summed E-state index contributed by atoms with van der Waals surface area (Å²) in [6, 6.07) is 10.8. The highest BCUT2D eigenvalue weighted by Crippen LogP contribution is 2.16. The third-order valence-corrected chi connectivity index (χ3v) is 4.69. The van der Waals surface area contributed by atoms with Crippen molar-refractivity contribution in [2.75, 3.05) is 0 Å². The van der Waals surface area contributed by atoms with Crippen LogP contribution in [-0.4, -0.2) is 14.5 Å². The van der Waals surface area contributed by atoms with E-state index in [1.807, 2.05) is 17.5 Å². The highest BCUT2D eigenvalue weighted by atomic mass is 32.1. The summed E-state index contributed by atoms with van der Waals surface area (Å²) in [5.41, 5.74) is 0.918. The third-order valence-electron chi connectivity index (χ3n) is 3.79. The largest absolute Gasteiger partial charge is 0.338 e. The molecule has 0 saturated heterocycles. The molecule has 116 valence electrons. The fourth-order valence-corrected chi connectivity index (χ4v) is 3.44. The van der Waals surface area contributed by atoms with E-state index in [9.17, 15) is 14.9 Å². The predicted molar refractivity (Wildman–Crippen MR) is 92.3 cm³/mol. The van der Waals surface area contributed by atoms with E-state index in [-0.39, 0.29) is 23.1 Å². The van der Waals surface area contributed by atoms with Gasteiger partial charge in [-0.25, -0.2) is 4.98 Å². The van der Waals surface area contributed by atoms with Crippen molar-refractivity contribution in [2.24, 2.45) is 0 Å². The minimum absolute atomic E-state index is 0.0626. The van der Waals surface area contributed by atoms with E-state index in [2.05, 4.69) is 9.97 Å². The molecule has 0 aliphatic heterocycles. The maximum absolute atomic E-state index is 12.3. The van der Waals surface area contributed by atoms with Crippen LogP contribution < -0.4 is 11.0 Å². The second-order valence-corrected chi connectivity index (χ2v) is 6.19. The summed E-state index contributed by atoms with van der Waals surface area (Å²) in [7, 11) is 0. The van der Waals surface area contributed by atoms with Gasteiger partial charge < -0.3 is 9.55 Å². The van der Waals surface area contributed by atoms with Gasteiger partial charge in [-0.1, -0.05) is 12.1 Å². The van der Waals surface area contributed by atoms with Crippen molar-refractivity contribution in [1.29, 1.82) is 5.26 Å². The van der Waals surface area contributed by atoms with Gasteiger partial charge in [-0.3, -0.25) is 9.59 Å². The number of nitrogens with one attached hydrogen (secondary N) is 1. The molecule has 0 radical (unpaired) electrons. The van der Waals surface area contributed by atoms with Crippen LogP contribution in [-0.2, 0) is 6.54 Å². The van der Waals surface area contributed by atoms with Gasteiger partial charge in [0.05, 0.1) is 17.6 Å². The number of benzene rings is 1. The first kappa shape index (κ1) is 14.4. The molecule has 0 unspecified atom stereocenters. The van der Waals surface area contributed by atoms with Crippen LogP contribution in [0.5, 0.6) is 0 Å². The molecular weight excluding hydrogens is 324 g/mol. The van der Waals surface area contributed by atoms with Crippen LogP contribution >= 0.6 is 11.3 Å². The Kier molecular flexibility index (Phi) is 3.25. The quantitative estimate of drug-likeness (QED) is 0.608. The van der Waals surface area contributed by atoms with Crippen LogP contribution in [0.2, 0.25) is 0 Å². The summed E-state index contributed by atoms with van der Waals surface area (Å²) in [5, 5.41) is 11.5. The van der Waals surface area contributed by atoms with Crippen molar-refractivity contribution in [3.63, 3.8) is 0 Å². The minimum atomic E-state index is -0.293. The topological polar surface area (TPSA) is 91.5 Å². The van der Waals surface area contributed by atoms with Gasteiger partial charge in [0.2, 0.25) is 5.43 Å². The number of aromatic nitrogens is 3. The molecule has 24 heavy (non-hydrogen) atoms. The first-order valence-electron chi connectivity index (χ1n) is 7.16. The predicted octanol–water partition coefficient (Wildman–Crippen LogP) is 2.22. The second-order valence-electron chi connectivity index (χ2n) is 5.28. The van der Waals surface area contributed by atoms with E-state index in [1.165, 1.54) is 17.5 Å². The van der Waals surface area contributed by atoms with Gasteiger partial charge >= 0.3 is 0 Å². The number of para-hydroxylation sites is 1. The van der Waals surface area contributed by atoms with Gasteiger partial charge in [-0.2, -0.15) is 5.26 Å². The molecule has 0 aliphatic rings. The van der Waals surface area contributed by atoms with E-state index in [1.54, 1.807) is 28.8 Å². The fraction of sp³-hybridized carbons (Fsp3) is 0.0588. The number of nitrogens with zero attached hydrogens (tertiary/aromatic N) is 3. The molecule has 0 bridgehead atoms. The zero-order valence-electron chi connectivity index (χ0n) is 12.3. The molecule has 0 amide bonds. The molecule has 7 heteroatoms. The molecule has 6 nitrogen and oxygen atoms in total. The number of H-pyrrole nitrogens is 1. The van der Waals surface area contributed by atoms with E-state index >= 15 is 0 Å². The van der Waals surface area contributed by atoms with Gasteiger partial charge in [0, 0.05) is 11.6 Å². The Morgan fingerprint density at radius 2 is 2.08 bits per heavy atom. The smallest absolute Gasteiger partial charge is 0.268 e. The Bertz CT molecular complexity index is 1240. The van der Waals surface area contributed by atoms with E-state index in [0.29, 0.717) is 26.9 Å². The Hall–Kier alpha value is -3.24. The number of hydrogen-bond donors (Lipinski definition) is 1. The number of hydrogen-bond acceptors (Lipinski definition) is 5. The summed E-state index contributed by atoms with van der Waals surface area (Å²) in [6.45, 7) is 0.260. The molecule has 3 aromatic heterocycles. The molecule has 4 rings (SSSR count). The Balaban J connectivity index is 1.93. The Morgan fingerprint density at radius 1 is 1.25 bits per heavy atom. The van der Waals surface area contributed by atoms with E-state index in [4.69, 9.17) is 0 Å². The molecule has 0 atom stereocenters. The van der Waals surface area contributed by atoms with Crippen LogP contribution in [0, 0.1) is 11.3 Å². The lowest BCUT2D eigenvalue weighted by Gasteiger charge is -2.11. The normalized spacial score (nSPS) is 11.0. The Morgan fingerprint density at radius 3 is 2.92 bits per heavy atom. The van der Waals surface area contributed by atoms with Crippen molar-refractivity contribution >= 4 is 32.5 Å². The Labute approximate surface area is 139 Å². The summed E-state index contributed by atoms with van der Waals surface area (Å²) in [4.78, 5) is 31.6. The average Bonchev–Trinajstić information content (AvgIpc) is 3.06. The molecule has 1 N–H and O–H groups in total. The number of rotatable bonds is 2. The maximum Gasteiger partial charge on any atom is 0.268 e. The zero-order chi connectivity index (χ0) is 16.7. The zero-order valence-corrected chi connectivity index (χ0v) is 13.1. The summed E-state index contributed by atoms with van der Waals surface area (Å²) in [6.07, 6.45) is 1.50. The molecule has 4 aromatic rings.